The Bertz CT molecular complexity index is 808. The Hall–Kier alpha value is -0.630. The molecular formula is C26H41NO5S. The summed E-state index contributed by atoms with van der Waals surface area (Å²) in [5, 5.41) is 33.2. The second-order valence-electron chi connectivity index (χ2n) is 12.4. The van der Waals surface area contributed by atoms with Crippen molar-refractivity contribution in [3.05, 3.63) is 0 Å². The summed E-state index contributed by atoms with van der Waals surface area (Å²) in [7, 11) is 0. The molecule has 0 aromatic heterocycles. The molecule has 4 saturated carbocycles. The molecule has 7 unspecified atom stereocenters. The van der Waals surface area contributed by atoms with Gasteiger partial charge < -0.3 is 15.3 Å². The third-order valence-corrected chi connectivity index (χ3v) is 11.9. The summed E-state index contributed by atoms with van der Waals surface area (Å²) in [6.45, 7) is 7.17. The molecule has 186 valence electrons. The topological polar surface area (TPSA) is 98.1 Å². The van der Waals surface area contributed by atoms with Gasteiger partial charge in [0, 0.05) is 18.7 Å². The van der Waals surface area contributed by atoms with Crippen LogP contribution in [0.15, 0.2) is 0 Å². The zero-order chi connectivity index (χ0) is 23.7. The largest absolute Gasteiger partial charge is 0.393 e. The lowest BCUT2D eigenvalue weighted by atomic mass is 9.43. The van der Waals surface area contributed by atoms with Crippen molar-refractivity contribution in [1.29, 1.82) is 0 Å². The van der Waals surface area contributed by atoms with Crippen molar-refractivity contribution in [3.8, 4) is 0 Å². The lowest BCUT2D eigenvalue weighted by molar-refractivity contribution is -0.207. The second-order valence-corrected chi connectivity index (χ2v) is 13.4. The zero-order valence-electron chi connectivity index (χ0n) is 20.3. The molecule has 4 aliphatic carbocycles. The van der Waals surface area contributed by atoms with Gasteiger partial charge in [0.15, 0.2) is 0 Å². The second kappa shape index (κ2) is 8.49. The van der Waals surface area contributed by atoms with Crippen LogP contribution in [0.4, 0.5) is 4.79 Å². The van der Waals surface area contributed by atoms with E-state index in [1.165, 1.54) is 16.7 Å². The molecule has 0 aromatic carbocycles. The minimum atomic E-state index is -0.451. The van der Waals surface area contributed by atoms with Crippen LogP contribution in [0.3, 0.4) is 0 Å². The molecule has 5 rings (SSSR count). The van der Waals surface area contributed by atoms with Crippen LogP contribution in [0, 0.1) is 46.3 Å². The third kappa shape index (κ3) is 3.63. The summed E-state index contributed by atoms with van der Waals surface area (Å²) in [6, 6.07) is 0. The highest BCUT2D eigenvalue weighted by atomic mass is 32.2. The van der Waals surface area contributed by atoms with Crippen molar-refractivity contribution in [2.24, 2.45) is 46.3 Å². The first-order chi connectivity index (χ1) is 15.6. The average Bonchev–Trinajstić information content (AvgIpc) is 3.34. The molecule has 0 aromatic rings. The number of rotatable bonds is 3. The predicted molar refractivity (Wildman–Crippen MR) is 127 cm³/mol. The number of thioether (sulfide) groups is 1. The number of aliphatic hydroxyl groups is 3. The summed E-state index contributed by atoms with van der Waals surface area (Å²) < 4.78 is 0. The molecule has 5 fully saturated rings. The van der Waals surface area contributed by atoms with Crippen LogP contribution >= 0.6 is 11.8 Å². The number of nitrogens with zero attached hydrogens (tertiary/aromatic N) is 1. The summed E-state index contributed by atoms with van der Waals surface area (Å²) >= 11 is 1.21. The minimum absolute atomic E-state index is 0.0683. The van der Waals surface area contributed by atoms with E-state index in [1.54, 1.807) is 0 Å². The van der Waals surface area contributed by atoms with Crippen molar-refractivity contribution in [2.45, 2.75) is 90.4 Å². The van der Waals surface area contributed by atoms with Gasteiger partial charge >= 0.3 is 0 Å². The molecule has 0 spiro atoms. The first kappa shape index (κ1) is 24.1. The van der Waals surface area contributed by atoms with E-state index in [1.807, 2.05) is 0 Å². The molecular weight excluding hydrogens is 438 g/mol. The van der Waals surface area contributed by atoms with Crippen LogP contribution in [0.25, 0.3) is 0 Å². The number of imide groups is 1. The number of hydrogen-bond acceptors (Lipinski definition) is 6. The van der Waals surface area contributed by atoms with Crippen LogP contribution in [0.1, 0.15) is 72.1 Å². The van der Waals surface area contributed by atoms with Crippen molar-refractivity contribution >= 4 is 22.9 Å². The lowest BCUT2D eigenvalue weighted by Crippen LogP contribution is -2.62. The smallest absolute Gasteiger partial charge is 0.288 e. The Labute approximate surface area is 201 Å². The Balaban J connectivity index is 1.37. The van der Waals surface area contributed by atoms with Crippen LogP contribution in [-0.4, -0.2) is 62.0 Å². The molecule has 0 bridgehead atoms. The number of fused-ring (bicyclic) bond motifs is 5. The summed E-state index contributed by atoms with van der Waals surface area (Å²) in [5.74, 6) is 1.92. The molecule has 1 heterocycles. The average molecular weight is 480 g/mol. The van der Waals surface area contributed by atoms with Crippen molar-refractivity contribution in [3.63, 3.8) is 0 Å². The van der Waals surface area contributed by atoms with Crippen molar-refractivity contribution < 1.29 is 24.9 Å². The highest BCUT2D eigenvalue weighted by Crippen LogP contribution is 2.68. The highest BCUT2D eigenvalue weighted by molar-refractivity contribution is 8.13. The Morgan fingerprint density at radius 1 is 1.12 bits per heavy atom. The molecule has 11 atom stereocenters. The van der Waals surface area contributed by atoms with Gasteiger partial charge in [-0.05, 0) is 91.3 Å². The van der Waals surface area contributed by atoms with Crippen LogP contribution < -0.4 is 0 Å². The molecule has 0 radical (unpaired) electrons. The number of aliphatic hydroxyl groups excluding tert-OH is 3. The number of carbonyl (C=O) groups is 2. The molecule has 6 nitrogen and oxygen atoms in total. The van der Waals surface area contributed by atoms with Crippen LogP contribution in [-0.2, 0) is 4.79 Å². The van der Waals surface area contributed by atoms with Gasteiger partial charge in [-0.3, -0.25) is 14.5 Å². The lowest BCUT2D eigenvalue weighted by Gasteiger charge is -2.63. The van der Waals surface area contributed by atoms with Crippen LogP contribution in [0.2, 0.25) is 0 Å². The maximum atomic E-state index is 12.8. The van der Waals surface area contributed by atoms with E-state index < -0.39 is 6.10 Å². The van der Waals surface area contributed by atoms with Crippen molar-refractivity contribution in [2.75, 3.05) is 12.3 Å². The quantitative estimate of drug-likeness (QED) is 0.571. The SMILES string of the molecule is CC(CC(=O)N1CCSC1=O)C1CCC2C3C(O)CC4C[C@@H](O)CC[C@@]4(C)C3C[C@@H](O)[C@@]12C. The summed E-state index contributed by atoms with van der Waals surface area (Å²) in [4.78, 5) is 26.2. The zero-order valence-corrected chi connectivity index (χ0v) is 21.1. The monoisotopic (exact) mass is 479 g/mol. The van der Waals surface area contributed by atoms with Gasteiger partial charge in [-0.25, -0.2) is 0 Å². The number of carbonyl (C=O) groups excluding carboxylic acids is 2. The van der Waals surface area contributed by atoms with Gasteiger partial charge in [-0.15, -0.1) is 0 Å². The molecule has 3 N–H and O–H groups in total. The minimum Gasteiger partial charge on any atom is -0.393 e. The standard InChI is InChI=1S/C26H41NO5S/c1-14(10-22(31)27-8-9-33-24(27)32)17-4-5-18-23-19(13-21(30)26(17,18)3)25(2)7-6-16(28)11-15(25)12-20(23)29/h14-21,23,28-30H,4-13H2,1-3H3/t14?,15?,16-,17?,18?,19?,20?,21+,23?,25+,26-/m0/s1. The first-order valence-electron chi connectivity index (χ1n) is 13.1. The van der Waals surface area contributed by atoms with E-state index in [0.29, 0.717) is 31.1 Å². The fraction of sp³-hybridized carbons (Fsp3) is 0.923. The third-order valence-electron chi connectivity index (χ3n) is 11.1. The van der Waals surface area contributed by atoms with Gasteiger partial charge in [-0.2, -0.15) is 0 Å². The number of amides is 2. The van der Waals surface area contributed by atoms with E-state index in [2.05, 4.69) is 20.8 Å². The van der Waals surface area contributed by atoms with Crippen LogP contribution in [0.5, 0.6) is 0 Å². The number of hydrogen-bond donors (Lipinski definition) is 3. The highest BCUT2D eigenvalue weighted by Gasteiger charge is 2.65. The first-order valence-corrected chi connectivity index (χ1v) is 14.1. The van der Waals surface area contributed by atoms with E-state index in [4.69, 9.17) is 0 Å². The van der Waals surface area contributed by atoms with Gasteiger partial charge in [0.2, 0.25) is 5.91 Å². The fourth-order valence-electron chi connectivity index (χ4n) is 9.28. The maximum absolute atomic E-state index is 12.8. The summed E-state index contributed by atoms with van der Waals surface area (Å²) in [6.07, 6.45) is 5.21. The molecule has 33 heavy (non-hydrogen) atoms. The molecule has 1 aliphatic heterocycles. The normalized spacial score (nSPS) is 50.5. The van der Waals surface area contributed by atoms with Gasteiger partial charge in [0.25, 0.3) is 5.24 Å². The van der Waals surface area contributed by atoms with Gasteiger partial charge in [-0.1, -0.05) is 32.5 Å². The van der Waals surface area contributed by atoms with E-state index in [9.17, 15) is 24.9 Å². The van der Waals surface area contributed by atoms with E-state index >= 15 is 0 Å². The van der Waals surface area contributed by atoms with E-state index in [-0.39, 0.29) is 63.8 Å². The van der Waals surface area contributed by atoms with Crippen molar-refractivity contribution in [1.82, 2.24) is 4.90 Å². The molecule has 5 aliphatic rings. The van der Waals surface area contributed by atoms with E-state index in [0.717, 1.165) is 38.5 Å². The van der Waals surface area contributed by atoms with Gasteiger partial charge in [0.05, 0.1) is 18.3 Å². The fourth-order valence-corrected chi connectivity index (χ4v) is 10.1. The Morgan fingerprint density at radius 3 is 2.58 bits per heavy atom. The summed E-state index contributed by atoms with van der Waals surface area (Å²) in [5.41, 5.74) is -0.248. The molecule has 1 saturated heterocycles. The Morgan fingerprint density at radius 2 is 1.88 bits per heavy atom. The predicted octanol–water partition coefficient (Wildman–Crippen LogP) is 3.67. The maximum Gasteiger partial charge on any atom is 0.288 e. The van der Waals surface area contributed by atoms with Gasteiger partial charge in [0.1, 0.15) is 0 Å². The molecule has 7 heteroatoms. The molecule has 2 amide bonds. The Kier molecular flexibility index (Phi) is 6.20.